The van der Waals surface area contributed by atoms with Crippen molar-refractivity contribution in [1.82, 2.24) is 9.97 Å². The predicted molar refractivity (Wildman–Crippen MR) is 196 cm³/mol. The first kappa shape index (κ1) is 28.2. The van der Waals surface area contributed by atoms with Gasteiger partial charge in [-0.1, -0.05) is 133 Å². The van der Waals surface area contributed by atoms with Gasteiger partial charge in [0.25, 0.3) is 0 Å². The molecular formula is C44H31N3. The van der Waals surface area contributed by atoms with E-state index in [1.807, 2.05) is 42.5 Å². The number of benzene rings is 7. The van der Waals surface area contributed by atoms with Gasteiger partial charge in [0.2, 0.25) is 0 Å². The van der Waals surface area contributed by atoms with Crippen LogP contribution in [0.15, 0.2) is 188 Å². The van der Waals surface area contributed by atoms with Crippen molar-refractivity contribution in [3.8, 4) is 44.8 Å². The van der Waals surface area contributed by atoms with Crippen LogP contribution in [0.3, 0.4) is 0 Å². The molecule has 222 valence electrons. The molecule has 0 amide bonds. The van der Waals surface area contributed by atoms with E-state index in [2.05, 4.69) is 150 Å². The Morgan fingerprint density at radius 3 is 1.15 bits per heavy atom. The molecule has 0 saturated carbocycles. The van der Waals surface area contributed by atoms with Gasteiger partial charge >= 0.3 is 0 Å². The molecule has 0 aliphatic carbocycles. The maximum Gasteiger partial charge on any atom is 0.0973 e. The Labute approximate surface area is 275 Å². The highest BCUT2D eigenvalue weighted by molar-refractivity contribution is 5.88. The molecule has 0 bridgehead atoms. The number of hydrogen-bond acceptors (Lipinski definition) is 3. The van der Waals surface area contributed by atoms with E-state index in [9.17, 15) is 0 Å². The molecule has 1 heterocycles. The minimum Gasteiger partial charge on any atom is -0.310 e. The van der Waals surface area contributed by atoms with Crippen molar-refractivity contribution in [2.24, 2.45) is 0 Å². The Kier molecular flexibility index (Phi) is 7.54. The smallest absolute Gasteiger partial charge is 0.0973 e. The maximum absolute atomic E-state index is 5.13. The van der Waals surface area contributed by atoms with Crippen LogP contribution in [0, 0.1) is 0 Å². The monoisotopic (exact) mass is 601 g/mol. The number of nitrogens with zero attached hydrogens (tertiary/aromatic N) is 3. The zero-order chi connectivity index (χ0) is 31.4. The summed E-state index contributed by atoms with van der Waals surface area (Å²) in [5, 5.41) is 0. The van der Waals surface area contributed by atoms with Crippen LogP contribution in [0.5, 0.6) is 0 Å². The van der Waals surface area contributed by atoms with Crippen LogP contribution in [-0.2, 0) is 0 Å². The summed E-state index contributed by atoms with van der Waals surface area (Å²) in [5.41, 5.74) is 13.5. The van der Waals surface area contributed by atoms with E-state index < -0.39 is 0 Å². The minimum atomic E-state index is 0.866. The van der Waals surface area contributed by atoms with Crippen LogP contribution in [0.25, 0.3) is 55.8 Å². The lowest BCUT2D eigenvalue weighted by Gasteiger charge is -2.27. The average molecular weight is 602 g/mol. The lowest BCUT2D eigenvalue weighted by Crippen LogP contribution is -2.10. The summed E-state index contributed by atoms with van der Waals surface area (Å²) < 4.78 is 0. The first-order chi connectivity index (χ1) is 23.3. The highest BCUT2D eigenvalue weighted by atomic mass is 15.1. The van der Waals surface area contributed by atoms with E-state index in [-0.39, 0.29) is 0 Å². The van der Waals surface area contributed by atoms with Gasteiger partial charge in [-0.15, -0.1) is 0 Å². The largest absolute Gasteiger partial charge is 0.310 e. The van der Waals surface area contributed by atoms with Gasteiger partial charge in [-0.25, -0.2) is 9.97 Å². The van der Waals surface area contributed by atoms with E-state index >= 15 is 0 Å². The van der Waals surface area contributed by atoms with Crippen molar-refractivity contribution in [1.29, 1.82) is 0 Å². The Hall–Kier alpha value is -6.32. The molecule has 0 saturated heterocycles. The highest BCUT2D eigenvalue weighted by Crippen LogP contribution is 2.40. The topological polar surface area (TPSA) is 29.0 Å². The lowest BCUT2D eigenvalue weighted by atomic mass is 9.97. The molecule has 0 spiro atoms. The zero-order valence-corrected chi connectivity index (χ0v) is 25.7. The van der Waals surface area contributed by atoms with Crippen molar-refractivity contribution >= 4 is 28.1 Å². The summed E-state index contributed by atoms with van der Waals surface area (Å²) >= 11 is 0. The second-order valence-electron chi connectivity index (χ2n) is 11.5. The number of rotatable bonds is 7. The molecule has 0 aliphatic rings. The number of hydrogen-bond donors (Lipinski definition) is 0. The minimum absolute atomic E-state index is 0.866. The first-order valence-corrected chi connectivity index (χ1v) is 15.8. The van der Waals surface area contributed by atoms with Crippen LogP contribution in [0.1, 0.15) is 0 Å². The average Bonchev–Trinajstić information content (AvgIpc) is 3.16. The molecule has 0 N–H and O–H groups in total. The summed E-state index contributed by atoms with van der Waals surface area (Å²) in [4.78, 5) is 12.5. The predicted octanol–water partition coefficient (Wildman–Crippen LogP) is 11.8. The summed E-state index contributed by atoms with van der Waals surface area (Å²) in [6, 6.07) is 65.7. The highest BCUT2D eigenvalue weighted by Gasteiger charge is 2.18. The summed E-state index contributed by atoms with van der Waals surface area (Å²) in [7, 11) is 0. The Morgan fingerprint density at radius 2 is 0.660 bits per heavy atom. The van der Waals surface area contributed by atoms with Gasteiger partial charge in [-0.2, -0.15) is 0 Å². The fraction of sp³-hybridized carbons (Fsp3) is 0. The van der Waals surface area contributed by atoms with E-state index in [4.69, 9.17) is 9.97 Å². The van der Waals surface area contributed by atoms with Crippen LogP contribution in [0.2, 0.25) is 0 Å². The molecule has 0 fully saturated rings. The molecule has 1 aromatic heterocycles. The third-order valence-electron chi connectivity index (χ3n) is 8.42. The second kappa shape index (κ2) is 12.6. The normalized spacial score (nSPS) is 11.0. The third-order valence-corrected chi connectivity index (χ3v) is 8.42. The van der Waals surface area contributed by atoms with Crippen molar-refractivity contribution in [3.05, 3.63) is 188 Å². The van der Waals surface area contributed by atoms with Crippen LogP contribution < -0.4 is 4.90 Å². The van der Waals surface area contributed by atoms with Crippen molar-refractivity contribution in [3.63, 3.8) is 0 Å². The Bertz CT molecular complexity index is 2210. The van der Waals surface area contributed by atoms with E-state index in [1.54, 1.807) is 0 Å². The van der Waals surface area contributed by atoms with E-state index in [0.717, 1.165) is 50.6 Å². The molecule has 8 rings (SSSR count). The van der Waals surface area contributed by atoms with Crippen LogP contribution in [0.4, 0.5) is 17.1 Å². The molecule has 3 heteroatoms. The SMILES string of the molecule is c1ccc(-c2cc(-c3ccccc3)cc(N(c3ccccc3)c3ccc(-c4nc5ccccc5nc4-c4ccccc4)cc3)c2)cc1. The number of para-hydroxylation sites is 3. The van der Waals surface area contributed by atoms with Crippen molar-refractivity contribution in [2.75, 3.05) is 4.90 Å². The van der Waals surface area contributed by atoms with Gasteiger partial charge in [-0.3, -0.25) is 0 Å². The van der Waals surface area contributed by atoms with Crippen molar-refractivity contribution in [2.45, 2.75) is 0 Å². The summed E-state index contributed by atoms with van der Waals surface area (Å²) in [6.45, 7) is 0. The zero-order valence-electron chi connectivity index (χ0n) is 25.7. The molecule has 3 nitrogen and oxygen atoms in total. The first-order valence-electron chi connectivity index (χ1n) is 15.8. The summed E-state index contributed by atoms with van der Waals surface area (Å²) in [5.74, 6) is 0. The molecule has 0 atom stereocenters. The second-order valence-corrected chi connectivity index (χ2v) is 11.5. The lowest BCUT2D eigenvalue weighted by molar-refractivity contribution is 1.27. The van der Waals surface area contributed by atoms with Gasteiger partial charge in [0, 0.05) is 28.2 Å². The van der Waals surface area contributed by atoms with E-state index in [1.165, 1.54) is 22.3 Å². The fourth-order valence-electron chi connectivity index (χ4n) is 6.13. The van der Waals surface area contributed by atoms with Gasteiger partial charge in [0.15, 0.2) is 0 Å². The molecule has 0 aliphatic heterocycles. The van der Waals surface area contributed by atoms with Gasteiger partial charge in [-0.05, 0) is 76.9 Å². The Balaban J connectivity index is 1.28. The molecule has 0 unspecified atom stereocenters. The van der Waals surface area contributed by atoms with Crippen LogP contribution in [-0.4, -0.2) is 9.97 Å². The summed E-state index contributed by atoms with van der Waals surface area (Å²) in [6.07, 6.45) is 0. The van der Waals surface area contributed by atoms with E-state index in [0.29, 0.717) is 0 Å². The molecule has 0 radical (unpaired) electrons. The van der Waals surface area contributed by atoms with Crippen molar-refractivity contribution < 1.29 is 0 Å². The maximum atomic E-state index is 5.13. The molecule has 7 aromatic carbocycles. The number of aromatic nitrogens is 2. The molecule has 47 heavy (non-hydrogen) atoms. The van der Waals surface area contributed by atoms with Crippen LogP contribution >= 0.6 is 0 Å². The van der Waals surface area contributed by atoms with Gasteiger partial charge in [0.1, 0.15) is 0 Å². The number of anilines is 3. The number of fused-ring (bicyclic) bond motifs is 1. The van der Waals surface area contributed by atoms with Gasteiger partial charge < -0.3 is 4.90 Å². The molecule has 8 aromatic rings. The standard InChI is InChI=1S/C44H31N3/c1-5-15-32(16-6-1)36-29-37(33-17-7-2-8-18-33)31-40(30-36)47(38-21-11-4-12-22-38)39-27-25-35(26-28-39)44-43(34-19-9-3-10-20-34)45-41-23-13-14-24-42(41)46-44/h1-31H. The fourth-order valence-corrected chi connectivity index (χ4v) is 6.13. The van der Waals surface area contributed by atoms with Gasteiger partial charge in [0.05, 0.1) is 22.4 Å². The quantitative estimate of drug-likeness (QED) is 0.182. The molecular weight excluding hydrogens is 571 g/mol. The third kappa shape index (κ3) is 5.79. The Morgan fingerprint density at radius 1 is 0.277 bits per heavy atom.